The highest BCUT2D eigenvalue weighted by Crippen LogP contribution is 2.43. The quantitative estimate of drug-likeness (QED) is 0.0984. The maximum absolute atomic E-state index is 6.81. The van der Waals surface area contributed by atoms with Crippen LogP contribution in [0.1, 0.15) is 23.6 Å². The van der Waals surface area contributed by atoms with Gasteiger partial charge in [0.15, 0.2) is 0 Å². The van der Waals surface area contributed by atoms with Crippen LogP contribution in [0.15, 0.2) is 193 Å². The highest BCUT2D eigenvalue weighted by Gasteiger charge is 2.21. The normalized spacial score (nSPS) is 13.4. The fraction of sp³-hybridized carbons (Fsp3) is 0.0408. The highest BCUT2D eigenvalue weighted by atomic mass is 15.1. The Kier molecular flexibility index (Phi) is 9.25. The summed E-state index contributed by atoms with van der Waals surface area (Å²) in [6.07, 6.45) is 14.4. The Morgan fingerprint density at radius 1 is 0.679 bits per heavy atom. The Morgan fingerprint density at radius 2 is 1.34 bits per heavy atom. The van der Waals surface area contributed by atoms with E-state index in [0.29, 0.717) is 12.2 Å². The molecule has 0 bridgehead atoms. The third-order valence-electron chi connectivity index (χ3n) is 9.67. The van der Waals surface area contributed by atoms with Crippen molar-refractivity contribution in [3.63, 3.8) is 0 Å². The minimum atomic E-state index is 0.468. The molecule has 6 aromatic carbocycles. The van der Waals surface area contributed by atoms with Crippen molar-refractivity contribution in [2.75, 3.05) is 11.4 Å². The van der Waals surface area contributed by atoms with E-state index in [2.05, 4.69) is 150 Å². The first kappa shape index (κ1) is 33.2. The van der Waals surface area contributed by atoms with Crippen molar-refractivity contribution in [1.82, 2.24) is 4.57 Å². The second-order valence-corrected chi connectivity index (χ2v) is 13.0. The SMILES string of the molecule is C=C/C=C(\C=C/C)CN=C(/C=C(\N)c1ccccc1)n1c2ccccc2c2ccc(-c3ccc4c(c3)C=Cc3ccccc3N4c3ccccc3)cc21. The van der Waals surface area contributed by atoms with E-state index < -0.39 is 0 Å². The summed E-state index contributed by atoms with van der Waals surface area (Å²) in [6.45, 7) is 6.41. The number of allylic oxidation sites excluding steroid dienone is 4. The van der Waals surface area contributed by atoms with Gasteiger partial charge in [0.2, 0.25) is 0 Å². The van der Waals surface area contributed by atoms with E-state index >= 15 is 0 Å². The van der Waals surface area contributed by atoms with Gasteiger partial charge in [-0.1, -0.05) is 146 Å². The topological polar surface area (TPSA) is 46.5 Å². The zero-order chi connectivity index (χ0) is 36.1. The molecular formula is C49H40N4. The molecule has 0 spiro atoms. The molecule has 0 radical (unpaired) electrons. The van der Waals surface area contributed by atoms with Crippen LogP contribution in [-0.4, -0.2) is 16.9 Å². The van der Waals surface area contributed by atoms with Crippen LogP contribution in [0, 0.1) is 0 Å². The minimum absolute atomic E-state index is 0.468. The molecule has 8 rings (SSSR count). The van der Waals surface area contributed by atoms with Crippen molar-refractivity contribution >= 4 is 62.6 Å². The van der Waals surface area contributed by atoms with E-state index in [1.807, 2.05) is 55.5 Å². The molecule has 0 atom stereocenters. The smallest absolute Gasteiger partial charge is 0.135 e. The second kappa shape index (κ2) is 14.7. The van der Waals surface area contributed by atoms with Gasteiger partial charge in [0.05, 0.1) is 29.0 Å². The summed E-state index contributed by atoms with van der Waals surface area (Å²) in [6, 6.07) is 51.3. The number of benzene rings is 6. The summed E-state index contributed by atoms with van der Waals surface area (Å²) in [5.74, 6) is 0.760. The summed E-state index contributed by atoms with van der Waals surface area (Å²) in [7, 11) is 0. The van der Waals surface area contributed by atoms with E-state index in [-0.39, 0.29) is 0 Å². The van der Waals surface area contributed by atoms with Crippen molar-refractivity contribution in [2.24, 2.45) is 10.7 Å². The predicted octanol–water partition coefficient (Wildman–Crippen LogP) is 12.3. The van der Waals surface area contributed by atoms with Gasteiger partial charge in [-0.15, -0.1) is 0 Å². The molecule has 7 aromatic rings. The number of nitrogens with zero attached hydrogens (tertiary/aromatic N) is 3. The maximum Gasteiger partial charge on any atom is 0.135 e. The highest BCUT2D eigenvalue weighted by molar-refractivity contribution is 6.18. The molecular weight excluding hydrogens is 645 g/mol. The number of hydrogen-bond donors (Lipinski definition) is 1. The minimum Gasteiger partial charge on any atom is -0.398 e. The van der Waals surface area contributed by atoms with Gasteiger partial charge in [-0.25, -0.2) is 0 Å². The first-order chi connectivity index (χ1) is 26.1. The molecule has 0 saturated carbocycles. The van der Waals surface area contributed by atoms with Gasteiger partial charge >= 0.3 is 0 Å². The molecule has 0 aliphatic carbocycles. The van der Waals surface area contributed by atoms with E-state index in [4.69, 9.17) is 10.7 Å². The summed E-state index contributed by atoms with van der Waals surface area (Å²) in [5.41, 5.74) is 19.6. The molecule has 2 heterocycles. The third-order valence-corrected chi connectivity index (χ3v) is 9.67. The summed E-state index contributed by atoms with van der Waals surface area (Å²) >= 11 is 0. The lowest BCUT2D eigenvalue weighted by Gasteiger charge is -2.27. The van der Waals surface area contributed by atoms with Gasteiger partial charge in [-0.3, -0.25) is 9.56 Å². The molecule has 1 aliphatic rings. The molecule has 0 fully saturated rings. The van der Waals surface area contributed by atoms with Crippen molar-refractivity contribution in [1.29, 1.82) is 0 Å². The van der Waals surface area contributed by atoms with E-state index in [1.54, 1.807) is 6.08 Å². The first-order valence-electron chi connectivity index (χ1n) is 17.9. The fourth-order valence-corrected chi connectivity index (χ4v) is 7.20. The van der Waals surface area contributed by atoms with Gasteiger partial charge in [0.1, 0.15) is 5.84 Å². The molecule has 0 amide bonds. The van der Waals surface area contributed by atoms with Crippen LogP contribution in [0.4, 0.5) is 17.1 Å². The van der Waals surface area contributed by atoms with E-state index in [1.165, 1.54) is 5.56 Å². The van der Waals surface area contributed by atoms with Gasteiger partial charge in [-0.2, -0.15) is 0 Å². The Hall–Kier alpha value is -6.91. The standard InChI is InChI=1S/C49H40N4/c1-3-15-35(16-4-2)34-51-49(33-44(50)36-17-7-5-8-18-36)53-47-24-14-12-22-42(47)43-29-27-39(32-48(43)53)38-28-30-46-40(31-38)26-25-37-19-11-13-23-45(37)52(46)41-20-9-6-10-21-41/h3-33H,1,34,50H2,2H3/b16-4-,35-15+,44-33-,51-49?. The van der Waals surface area contributed by atoms with Crippen molar-refractivity contribution in [3.05, 3.63) is 205 Å². The van der Waals surface area contributed by atoms with Gasteiger partial charge in [0.25, 0.3) is 0 Å². The summed E-state index contributed by atoms with van der Waals surface area (Å²) in [5, 5.41) is 2.31. The van der Waals surface area contributed by atoms with Gasteiger partial charge in [-0.05, 0) is 82.8 Å². The largest absolute Gasteiger partial charge is 0.398 e. The number of aromatic nitrogens is 1. The van der Waals surface area contributed by atoms with Gasteiger partial charge < -0.3 is 10.6 Å². The third kappa shape index (κ3) is 6.55. The molecule has 256 valence electrons. The molecule has 1 aliphatic heterocycles. The number of fused-ring (bicyclic) bond motifs is 5. The summed E-state index contributed by atoms with van der Waals surface area (Å²) < 4.78 is 2.25. The Bertz CT molecular complexity index is 2620. The number of para-hydroxylation sites is 3. The molecule has 0 saturated heterocycles. The molecule has 4 nitrogen and oxygen atoms in total. The Morgan fingerprint density at radius 3 is 2.15 bits per heavy atom. The average molecular weight is 685 g/mol. The summed E-state index contributed by atoms with van der Waals surface area (Å²) in [4.78, 5) is 7.59. The monoisotopic (exact) mass is 684 g/mol. The number of aliphatic imine (C=N–C) groups is 1. The van der Waals surface area contributed by atoms with Crippen LogP contribution in [0.5, 0.6) is 0 Å². The number of anilines is 3. The van der Waals surface area contributed by atoms with Crippen LogP contribution in [0.3, 0.4) is 0 Å². The van der Waals surface area contributed by atoms with E-state index in [0.717, 1.165) is 72.5 Å². The number of nitrogens with two attached hydrogens (primary N) is 1. The predicted molar refractivity (Wildman–Crippen MR) is 228 cm³/mol. The first-order valence-corrected chi connectivity index (χ1v) is 17.9. The van der Waals surface area contributed by atoms with Crippen LogP contribution in [-0.2, 0) is 0 Å². The molecule has 2 N–H and O–H groups in total. The number of rotatable bonds is 8. The molecule has 0 unspecified atom stereocenters. The zero-order valence-corrected chi connectivity index (χ0v) is 29.7. The molecule has 1 aromatic heterocycles. The second-order valence-electron chi connectivity index (χ2n) is 13.0. The number of hydrogen-bond acceptors (Lipinski definition) is 3. The van der Waals surface area contributed by atoms with E-state index in [9.17, 15) is 0 Å². The molecule has 53 heavy (non-hydrogen) atoms. The van der Waals surface area contributed by atoms with Crippen LogP contribution < -0.4 is 10.6 Å². The van der Waals surface area contributed by atoms with Gasteiger partial charge in [0, 0.05) is 28.2 Å². The van der Waals surface area contributed by atoms with Crippen LogP contribution >= 0.6 is 0 Å². The lowest BCUT2D eigenvalue weighted by atomic mass is 9.99. The van der Waals surface area contributed by atoms with Crippen molar-refractivity contribution < 1.29 is 0 Å². The Balaban J connectivity index is 1.30. The van der Waals surface area contributed by atoms with Crippen molar-refractivity contribution in [3.8, 4) is 11.1 Å². The zero-order valence-electron chi connectivity index (χ0n) is 29.7. The van der Waals surface area contributed by atoms with Crippen LogP contribution in [0.2, 0.25) is 0 Å². The van der Waals surface area contributed by atoms with Crippen molar-refractivity contribution in [2.45, 2.75) is 6.92 Å². The Labute approximate surface area is 311 Å². The lowest BCUT2D eigenvalue weighted by Crippen LogP contribution is -2.13. The fourth-order valence-electron chi connectivity index (χ4n) is 7.20. The molecule has 4 heteroatoms. The lowest BCUT2D eigenvalue weighted by molar-refractivity contribution is 1.13. The average Bonchev–Trinajstić information content (AvgIpc) is 3.43. The van der Waals surface area contributed by atoms with Crippen LogP contribution in [0.25, 0.3) is 50.8 Å². The maximum atomic E-state index is 6.81.